The molecule has 3 N–H and O–H groups in total. The number of hydrogen-bond acceptors (Lipinski definition) is 3. The quantitative estimate of drug-likeness (QED) is 0.668. The van der Waals surface area contributed by atoms with Gasteiger partial charge in [-0.25, -0.2) is 0 Å². The molecule has 2 atom stereocenters. The highest BCUT2D eigenvalue weighted by Gasteiger charge is 2.33. The van der Waals surface area contributed by atoms with Crippen molar-refractivity contribution in [3.05, 3.63) is 23.8 Å². The second kappa shape index (κ2) is 3.14. The number of fused-ring (bicyclic) bond motifs is 3. The molecule has 3 nitrogen and oxygen atoms in total. The minimum Gasteiger partial charge on any atom is -0.508 e. The van der Waals surface area contributed by atoms with Gasteiger partial charge in [-0.2, -0.15) is 0 Å². The Kier molecular flexibility index (Phi) is 1.89. The summed E-state index contributed by atoms with van der Waals surface area (Å²) in [7, 11) is 0. The van der Waals surface area contributed by atoms with E-state index in [4.69, 9.17) is 5.73 Å². The fourth-order valence-electron chi connectivity index (χ4n) is 2.83. The van der Waals surface area contributed by atoms with Crippen molar-refractivity contribution in [1.29, 1.82) is 0 Å². The van der Waals surface area contributed by atoms with Crippen molar-refractivity contribution in [2.24, 2.45) is 5.73 Å². The number of piperidine rings is 1. The van der Waals surface area contributed by atoms with Crippen LogP contribution < -0.4 is 10.6 Å². The van der Waals surface area contributed by atoms with Crippen molar-refractivity contribution < 1.29 is 5.11 Å². The zero-order chi connectivity index (χ0) is 10.4. The van der Waals surface area contributed by atoms with E-state index in [1.165, 1.54) is 17.7 Å². The molecule has 0 spiro atoms. The van der Waals surface area contributed by atoms with Gasteiger partial charge in [-0.15, -0.1) is 0 Å². The summed E-state index contributed by atoms with van der Waals surface area (Å²) in [4.78, 5) is 2.41. The minimum atomic E-state index is 0.306. The highest BCUT2D eigenvalue weighted by Crippen LogP contribution is 2.38. The fraction of sp³-hybridized carbons (Fsp3) is 0.500. The maximum atomic E-state index is 9.44. The van der Waals surface area contributed by atoms with E-state index in [1.54, 1.807) is 6.07 Å². The molecule has 0 aromatic heterocycles. The smallest absolute Gasteiger partial charge is 0.116 e. The van der Waals surface area contributed by atoms with Gasteiger partial charge in [-0.3, -0.25) is 0 Å². The number of nitrogens with zero attached hydrogens (tertiary/aromatic N) is 1. The van der Waals surface area contributed by atoms with Gasteiger partial charge in [0.25, 0.3) is 0 Å². The van der Waals surface area contributed by atoms with Crippen LogP contribution in [0.4, 0.5) is 5.69 Å². The third kappa shape index (κ3) is 1.38. The molecule has 1 fully saturated rings. The monoisotopic (exact) mass is 204 g/mol. The van der Waals surface area contributed by atoms with Gasteiger partial charge < -0.3 is 15.7 Å². The Hall–Kier alpha value is -1.22. The Balaban J connectivity index is 1.97. The lowest BCUT2D eigenvalue weighted by atomic mass is 9.99. The molecule has 1 aromatic rings. The first-order valence-corrected chi connectivity index (χ1v) is 5.58. The summed E-state index contributed by atoms with van der Waals surface area (Å²) in [5.74, 6) is 0.373. The van der Waals surface area contributed by atoms with Gasteiger partial charge in [0.1, 0.15) is 5.75 Å². The summed E-state index contributed by atoms with van der Waals surface area (Å²) in [5, 5.41) is 9.44. The molecule has 3 heteroatoms. The third-order valence-electron chi connectivity index (χ3n) is 3.57. The van der Waals surface area contributed by atoms with E-state index in [2.05, 4.69) is 4.90 Å². The van der Waals surface area contributed by atoms with Crippen LogP contribution in [0, 0.1) is 0 Å². The van der Waals surface area contributed by atoms with Crippen LogP contribution in [0.2, 0.25) is 0 Å². The van der Waals surface area contributed by atoms with Gasteiger partial charge >= 0.3 is 0 Å². The summed E-state index contributed by atoms with van der Waals surface area (Å²) in [6, 6.07) is 6.59. The van der Waals surface area contributed by atoms with E-state index in [1.807, 2.05) is 12.1 Å². The molecule has 0 radical (unpaired) electrons. The molecule has 3 rings (SSSR count). The third-order valence-corrected chi connectivity index (χ3v) is 3.57. The number of anilines is 1. The first-order chi connectivity index (χ1) is 7.24. The molecule has 0 amide bonds. The zero-order valence-corrected chi connectivity index (χ0v) is 8.69. The predicted molar refractivity (Wildman–Crippen MR) is 60.2 cm³/mol. The lowest BCUT2D eigenvalue weighted by molar-refractivity contribution is 0.433. The Morgan fingerprint density at radius 2 is 2.20 bits per heavy atom. The summed E-state index contributed by atoms with van der Waals surface area (Å²) < 4.78 is 0. The molecule has 2 unspecified atom stereocenters. The van der Waals surface area contributed by atoms with Crippen LogP contribution in [0.25, 0.3) is 0 Å². The van der Waals surface area contributed by atoms with E-state index < -0.39 is 0 Å². The average molecular weight is 204 g/mol. The Morgan fingerprint density at radius 1 is 1.33 bits per heavy atom. The van der Waals surface area contributed by atoms with Crippen LogP contribution in [0.3, 0.4) is 0 Å². The predicted octanol–water partition coefficient (Wildman–Crippen LogP) is 1.24. The number of phenolic OH excluding ortho intramolecular Hbond substituents is 1. The molecule has 0 saturated carbocycles. The second-order valence-electron chi connectivity index (χ2n) is 4.66. The zero-order valence-electron chi connectivity index (χ0n) is 8.69. The molecule has 1 saturated heterocycles. The summed E-state index contributed by atoms with van der Waals surface area (Å²) >= 11 is 0. The van der Waals surface area contributed by atoms with Crippen LogP contribution in [-0.2, 0) is 6.42 Å². The number of hydrogen-bond donors (Lipinski definition) is 2. The van der Waals surface area contributed by atoms with E-state index in [-0.39, 0.29) is 0 Å². The largest absolute Gasteiger partial charge is 0.508 e. The summed E-state index contributed by atoms with van der Waals surface area (Å²) in [6.45, 7) is 0.961. The van der Waals surface area contributed by atoms with Gasteiger partial charge in [-0.05, 0) is 43.0 Å². The Morgan fingerprint density at radius 3 is 3.07 bits per heavy atom. The van der Waals surface area contributed by atoms with Crippen LogP contribution >= 0.6 is 0 Å². The van der Waals surface area contributed by atoms with Gasteiger partial charge in [-0.1, -0.05) is 0 Å². The molecule has 0 aliphatic carbocycles. The van der Waals surface area contributed by atoms with Crippen molar-refractivity contribution in [2.75, 3.05) is 11.4 Å². The lowest BCUT2D eigenvalue weighted by Crippen LogP contribution is -2.47. The van der Waals surface area contributed by atoms with Crippen molar-refractivity contribution in [3.8, 4) is 5.75 Å². The van der Waals surface area contributed by atoms with Crippen molar-refractivity contribution in [1.82, 2.24) is 0 Å². The van der Waals surface area contributed by atoms with Crippen molar-refractivity contribution in [2.45, 2.75) is 31.3 Å². The number of aromatic hydroxyl groups is 1. The fourth-order valence-corrected chi connectivity index (χ4v) is 2.83. The van der Waals surface area contributed by atoms with Gasteiger partial charge in [0.2, 0.25) is 0 Å². The highest BCUT2D eigenvalue weighted by atomic mass is 16.3. The second-order valence-corrected chi connectivity index (χ2v) is 4.66. The first-order valence-electron chi connectivity index (χ1n) is 5.58. The van der Waals surface area contributed by atoms with E-state index in [0.717, 1.165) is 19.4 Å². The lowest BCUT2D eigenvalue weighted by Gasteiger charge is -2.35. The molecule has 1 aromatic carbocycles. The molecular formula is C12H16N2O. The van der Waals surface area contributed by atoms with Gasteiger partial charge in [0.15, 0.2) is 0 Å². The Labute approximate surface area is 89.5 Å². The number of rotatable bonds is 0. The molecular weight excluding hydrogens is 188 g/mol. The summed E-state index contributed by atoms with van der Waals surface area (Å²) in [5.41, 5.74) is 8.53. The van der Waals surface area contributed by atoms with Crippen LogP contribution in [0.15, 0.2) is 18.2 Å². The van der Waals surface area contributed by atoms with Crippen LogP contribution in [0.5, 0.6) is 5.75 Å². The van der Waals surface area contributed by atoms with E-state index in [9.17, 15) is 5.11 Å². The maximum absolute atomic E-state index is 9.44. The highest BCUT2D eigenvalue weighted by molar-refractivity contribution is 5.61. The molecule has 0 bridgehead atoms. The van der Waals surface area contributed by atoms with Crippen molar-refractivity contribution >= 4 is 5.69 Å². The molecule has 2 aliphatic heterocycles. The molecule has 15 heavy (non-hydrogen) atoms. The van der Waals surface area contributed by atoms with Crippen LogP contribution in [-0.4, -0.2) is 23.7 Å². The number of nitrogens with two attached hydrogens (primary N) is 1. The summed E-state index contributed by atoms with van der Waals surface area (Å²) in [6.07, 6.45) is 3.37. The average Bonchev–Trinajstić information content (AvgIpc) is 2.54. The van der Waals surface area contributed by atoms with Crippen LogP contribution in [0.1, 0.15) is 18.4 Å². The number of phenols is 1. The van der Waals surface area contributed by atoms with Gasteiger partial charge in [0, 0.05) is 24.3 Å². The van der Waals surface area contributed by atoms with Gasteiger partial charge in [0.05, 0.1) is 0 Å². The molecule has 2 heterocycles. The topological polar surface area (TPSA) is 49.5 Å². The van der Waals surface area contributed by atoms with E-state index in [0.29, 0.717) is 17.8 Å². The maximum Gasteiger partial charge on any atom is 0.116 e. The molecule has 80 valence electrons. The molecule has 2 aliphatic rings. The minimum absolute atomic E-state index is 0.306. The number of benzene rings is 1. The van der Waals surface area contributed by atoms with Crippen molar-refractivity contribution in [3.63, 3.8) is 0 Å². The Bertz CT molecular complexity index is 391. The normalized spacial score (nSPS) is 28.7. The van der Waals surface area contributed by atoms with E-state index >= 15 is 0 Å². The first kappa shape index (κ1) is 9.04. The SMILES string of the molecule is NC1CCC2Cc3cc(O)ccc3N2C1. The standard InChI is InChI=1S/C12H16N2O/c13-9-1-2-10-5-8-6-11(15)3-4-12(8)14(10)7-9/h3-4,6,9-10,15H,1-2,5,7,13H2.